The predicted molar refractivity (Wildman–Crippen MR) is 34.0 cm³/mol. The highest BCUT2D eigenvalue weighted by molar-refractivity contribution is 5.26. The highest BCUT2D eigenvalue weighted by Crippen LogP contribution is 2.13. The maximum Gasteiger partial charge on any atom is 0.0214 e. The molecule has 0 aromatic heterocycles. The van der Waals surface area contributed by atoms with E-state index in [0.717, 1.165) is 6.42 Å². The van der Waals surface area contributed by atoms with E-state index in [0.29, 0.717) is 0 Å². The monoisotopic (exact) mass is 105 g/mol. The molecule has 0 heteroatoms. The standard InChI is InChI=1S/C8H9/c1-7-4-3-5-8(2)6-7/h6H,4H2,1-2H3. The van der Waals surface area contributed by atoms with Crippen LogP contribution in [0.15, 0.2) is 17.2 Å². The van der Waals surface area contributed by atoms with Gasteiger partial charge in [-0.3, -0.25) is 0 Å². The summed E-state index contributed by atoms with van der Waals surface area (Å²) < 4.78 is 0. The highest BCUT2D eigenvalue weighted by Gasteiger charge is 1.96. The van der Waals surface area contributed by atoms with Crippen molar-refractivity contribution in [2.45, 2.75) is 20.3 Å². The van der Waals surface area contributed by atoms with Crippen molar-refractivity contribution >= 4 is 0 Å². The molecule has 0 aromatic rings. The van der Waals surface area contributed by atoms with Gasteiger partial charge < -0.3 is 0 Å². The van der Waals surface area contributed by atoms with Crippen molar-refractivity contribution in [1.29, 1.82) is 0 Å². The van der Waals surface area contributed by atoms with E-state index in [1.54, 1.807) is 0 Å². The molecule has 0 aromatic carbocycles. The smallest absolute Gasteiger partial charge is 0.0214 e. The molecule has 0 atom stereocenters. The molecule has 0 unspecified atom stereocenters. The minimum atomic E-state index is 0.956. The molecule has 8 heavy (non-hydrogen) atoms. The summed E-state index contributed by atoms with van der Waals surface area (Å²) in [6, 6.07) is 0. The molecule has 1 aliphatic rings. The first kappa shape index (κ1) is 5.61. The molecule has 0 fully saturated rings. The molecule has 0 spiro atoms. The summed E-state index contributed by atoms with van der Waals surface area (Å²) >= 11 is 0. The molecular weight excluding hydrogens is 96.1 g/mol. The van der Waals surface area contributed by atoms with E-state index in [1.807, 2.05) is 6.92 Å². The van der Waals surface area contributed by atoms with Crippen LogP contribution in [-0.2, 0) is 0 Å². The van der Waals surface area contributed by atoms with E-state index in [4.69, 9.17) is 0 Å². The Hall–Kier alpha value is -0.520. The maximum absolute atomic E-state index is 3.03. The SMILES string of the molecule is CC1=[C][C]CC(C)=C1. The number of allylic oxidation sites excluding steroid dienone is 4. The van der Waals surface area contributed by atoms with E-state index >= 15 is 0 Å². The molecule has 0 nitrogen and oxygen atoms in total. The fraction of sp³-hybridized carbons (Fsp3) is 0.375. The van der Waals surface area contributed by atoms with Crippen LogP contribution in [0.4, 0.5) is 0 Å². The van der Waals surface area contributed by atoms with E-state index < -0.39 is 0 Å². The van der Waals surface area contributed by atoms with Crippen LogP contribution < -0.4 is 0 Å². The first-order valence-corrected chi connectivity index (χ1v) is 2.78. The Morgan fingerprint density at radius 3 is 2.62 bits per heavy atom. The summed E-state index contributed by atoms with van der Waals surface area (Å²) in [4.78, 5) is 0. The van der Waals surface area contributed by atoms with E-state index in [2.05, 4.69) is 25.5 Å². The lowest BCUT2D eigenvalue weighted by Crippen LogP contribution is -1.86. The zero-order chi connectivity index (χ0) is 5.98. The van der Waals surface area contributed by atoms with Crippen LogP contribution in [0.25, 0.3) is 0 Å². The van der Waals surface area contributed by atoms with Gasteiger partial charge in [0.05, 0.1) is 0 Å². The lowest BCUT2D eigenvalue weighted by Gasteiger charge is -2.03. The normalized spacial score (nSPS) is 19.8. The van der Waals surface area contributed by atoms with Gasteiger partial charge in [0.1, 0.15) is 0 Å². The third kappa shape index (κ3) is 1.22. The Bertz CT molecular complexity index is 138. The Labute approximate surface area is 50.9 Å². The Kier molecular flexibility index (Phi) is 1.52. The van der Waals surface area contributed by atoms with Crippen LogP contribution >= 0.6 is 0 Å². The number of rotatable bonds is 0. The van der Waals surface area contributed by atoms with Crippen molar-refractivity contribution < 1.29 is 0 Å². The van der Waals surface area contributed by atoms with E-state index in [1.165, 1.54) is 11.1 Å². The van der Waals surface area contributed by atoms with Crippen molar-refractivity contribution in [2.24, 2.45) is 0 Å². The molecule has 41 valence electrons. The molecule has 0 amide bonds. The number of hydrogen-bond donors (Lipinski definition) is 0. The van der Waals surface area contributed by atoms with Crippen LogP contribution in [0.5, 0.6) is 0 Å². The van der Waals surface area contributed by atoms with Crippen LogP contribution in [0, 0.1) is 12.5 Å². The second-order valence-corrected chi connectivity index (χ2v) is 2.15. The predicted octanol–water partition coefficient (Wildman–Crippen LogP) is 2.17. The molecule has 0 bridgehead atoms. The molecule has 0 saturated carbocycles. The summed E-state index contributed by atoms with van der Waals surface area (Å²) in [7, 11) is 0. The third-order valence-corrected chi connectivity index (χ3v) is 1.12. The first-order chi connectivity index (χ1) is 3.79. The molecule has 0 heterocycles. The van der Waals surface area contributed by atoms with Gasteiger partial charge >= 0.3 is 0 Å². The van der Waals surface area contributed by atoms with Crippen molar-refractivity contribution in [1.82, 2.24) is 0 Å². The first-order valence-electron chi connectivity index (χ1n) is 2.78. The summed E-state index contributed by atoms with van der Waals surface area (Å²) in [5.41, 5.74) is 2.56. The van der Waals surface area contributed by atoms with Crippen molar-refractivity contribution in [2.75, 3.05) is 0 Å². The number of hydrogen-bond acceptors (Lipinski definition) is 0. The second-order valence-electron chi connectivity index (χ2n) is 2.15. The fourth-order valence-electron chi connectivity index (χ4n) is 0.780. The van der Waals surface area contributed by atoms with E-state index in [9.17, 15) is 0 Å². The quantitative estimate of drug-likeness (QED) is 0.443. The van der Waals surface area contributed by atoms with Crippen molar-refractivity contribution in [3.63, 3.8) is 0 Å². The molecule has 0 saturated heterocycles. The van der Waals surface area contributed by atoms with Gasteiger partial charge in [-0.1, -0.05) is 11.6 Å². The molecule has 3 radical (unpaired) electrons. The van der Waals surface area contributed by atoms with Gasteiger partial charge in [0.2, 0.25) is 0 Å². The lowest BCUT2D eigenvalue weighted by atomic mass is 10.0. The summed E-state index contributed by atoms with van der Waals surface area (Å²) in [5.74, 6) is 0. The average Bonchev–Trinajstić information content (AvgIpc) is 1.64. The summed E-state index contributed by atoms with van der Waals surface area (Å²) in [6.07, 6.45) is 9.12. The van der Waals surface area contributed by atoms with Crippen LogP contribution in [0.2, 0.25) is 0 Å². The van der Waals surface area contributed by atoms with Gasteiger partial charge in [-0.2, -0.15) is 0 Å². The molecule has 1 rings (SSSR count). The second kappa shape index (κ2) is 2.17. The van der Waals surface area contributed by atoms with Gasteiger partial charge in [-0.05, 0) is 31.9 Å². The molecule has 0 aliphatic heterocycles. The van der Waals surface area contributed by atoms with Crippen LogP contribution in [0.3, 0.4) is 0 Å². The van der Waals surface area contributed by atoms with Crippen molar-refractivity contribution in [3.8, 4) is 0 Å². The van der Waals surface area contributed by atoms with Gasteiger partial charge in [0.25, 0.3) is 0 Å². The van der Waals surface area contributed by atoms with Crippen LogP contribution in [0.1, 0.15) is 20.3 Å². The lowest BCUT2D eigenvalue weighted by molar-refractivity contribution is 1.09. The van der Waals surface area contributed by atoms with Gasteiger partial charge in [0, 0.05) is 6.42 Å². The van der Waals surface area contributed by atoms with Gasteiger partial charge in [-0.25, -0.2) is 0 Å². The third-order valence-electron chi connectivity index (χ3n) is 1.12. The van der Waals surface area contributed by atoms with Crippen LogP contribution in [-0.4, -0.2) is 0 Å². The maximum atomic E-state index is 3.03. The molecule has 1 aliphatic carbocycles. The van der Waals surface area contributed by atoms with E-state index in [-0.39, 0.29) is 0 Å². The Morgan fingerprint density at radius 1 is 1.50 bits per heavy atom. The minimum Gasteiger partial charge on any atom is -0.0721 e. The minimum absolute atomic E-state index is 0.956. The zero-order valence-corrected chi connectivity index (χ0v) is 5.28. The largest absolute Gasteiger partial charge is 0.0721 e. The van der Waals surface area contributed by atoms with Gasteiger partial charge in [0.15, 0.2) is 0 Å². The highest BCUT2D eigenvalue weighted by atomic mass is 14.0. The van der Waals surface area contributed by atoms with Gasteiger partial charge in [-0.15, -0.1) is 0 Å². The Balaban J connectivity index is 2.69. The topological polar surface area (TPSA) is 0 Å². The Morgan fingerprint density at radius 2 is 2.25 bits per heavy atom. The summed E-state index contributed by atoms with van der Waals surface area (Å²) in [5, 5.41) is 0. The average molecular weight is 105 g/mol. The summed E-state index contributed by atoms with van der Waals surface area (Å²) in [6.45, 7) is 4.15. The zero-order valence-electron chi connectivity index (χ0n) is 5.28. The molecular formula is C8H9. The fourth-order valence-corrected chi connectivity index (χ4v) is 0.780. The van der Waals surface area contributed by atoms with Crippen molar-refractivity contribution in [3.05, 3.63) is 29.7 Å². The molecule has 0 N–H and O–H groups in total.